The Morgan fingerprint density at radius 2 is 2.12 bits per heavy atom. The van der Waals surface area contributed by atoms with Crippen LogP contribution < -0.4 is 9.47 Å². The van der Waals surface area contributed by atoms with Crippen molar-refractivity contribution in [3.05, 3.63) is 23.8 Å². The molecule has 0 aliphatic heterocycles. The maximum atomic E-state index is 10.9. The highest BCUT2D eigenvalue weighted by molar-refractivity contribution is 5.71. The van der Waals surface area contributed by atoms with Gasteiger partial charge >= 0.3 is 5.97 Å². The van der Waals surface area contributed by atoms with Crippen LogP contribution >= 0.6 is 0 Å². The molecule has 5 nitrogen and oxygen atoms in total. The molecule has 1 aromatic rings. The van der Waals surface area contributed by atoms with E-state index in [0.717, 1.165) is 0 Å². The number of esters is 1. The molecule has 0 atom stereocenters. The first kappa shape index (κ1) is 12.8. The monoisotopic (exact) mass is 235 g/mol. The molecular formula is C12H13NO4. The van der Waals surface area contributed by atoms with E-state index in [0.29, 0.717) is 23.7 Å². The Morgan fingerprint density at radius 1 is 1.35 bits per heavy atom. The Kier molecular flexibility index (Phi) is 4.82. The van der Waals surface area contributed by atoms with Crippen molar-refractivity contribution in [3.8, 4) is 17.6 Å². The maximum absolute atomic E-state index is 10.9. The zero-order chi connectivity index (χ0) is 12.7. The van der Waals surface area contributed by atoms with E-state index in [1.54, 1.807) is 18.2 Å². The summed E-state index contributed by atoms with van der Waals surface area (Å²) in [5.74, 6) is 0.378. The molecule has 17 heavy (non-hydrogen) atoms. The van der Waals surface area contributed by atoms with E-state index in [2.05, 4.69) is 4.74 Å². The summed E-state index contributed by atoms with van der Waals surface area (Å²) >= 11 is 0. The Bertz CT molecular complexity index is 437. The Labute approximate surface area is 99.5 Å². The van der Waals surface area contributed by atoms with Crippen LogP contribution in [-0.2, 0) is 9.53 Å². The highest BCUT2D eigenvalue weighted by Gasteiger charge is 2.08. The summed E-state index contributed by atoms with van der Waals surface area (Å²) < 4.78 is 15.0. The van der Waals surface area contributed by atoms with Gasteiger partial charge in [-0.1, -0.05) is 0 Å². The summed E-state index contributed by atoms with van der Waals surface area (Å²) in [6, 6.07) is 6.75. The molecule has 0 N–H and O–H groups in total. The van der Waals surface area contributed by atoms with Gasteiger partial charge in [0.25, 0.3) is 0 Å². The van der Waals surface area contributed by atoms with Gasteiger partial charge in [0.05, 0.1) is 25.3 Å². The predicted molar refractivity (Wildman–Crippen MR) is 59.8 cm³/mol. The lowest BCUT2D eigenvalue weighted by Gasteiger charge is -2.11. The fourth-order valence-electron chi connectivity index (χ4n) is 1.16. The molecule has 0 fully saturated rings. The lowest BCUT2D eigenvalue weighted by Crippen LogP contribution is -2.13. The highest BCUT2D eigenvalue weighted by Crippen LogP contribution is 2.28. The van der Waals surface area contributed by atoms with Gasteiger partial charge in [-0.3, -0.25) is 0 Å². The van der Waals surface area contributed by atoms with Crippen LogP contribution in [0.5, 0.6) is 11.5 Å². The minimum Gasteiger partial charge on any atom is -0.490 e. The molecule has 0 saturated carbocycles. The average Bonchev–Trinajstić information content (AvgIpc) is 2.37. The number of nitriles is 1. The third-order valence-electron chi connectivity index (χ3n) is 1.95. The second-order valence-electron chi connectivity index (χ2n) is 3.07. The zero-order valence-corrected chi connectivity index (χ0v) is 9.73. The van der Waals surface area contributed by atoms with Crippen LogP contribution in [0.3, 0.4) is 0 Å². The Hall–Kier alpha value is -2.22. The molecule has 0 heterocycles. The summed E-state index contributed by atoms with van der Waals surface area (Å²) in [6.45, 7) is 2.08. The minimum absolute atomic E-state index is 0.192. The van der Waals surface area contributed by atoms with Crippen LogP contribution in [0.1, 0.15) is 12.5 Å². The van der Waals surface area contributed by atoms with Gasteiger partial charge in [-0.05, 0) is 19.1 Å². The number of ether oxygens (including phenoxy) is 3. The smallest absolute Gasteiger partial charge is 0.343 e. The van der Waals surface area contributed by atoms with Crippen LogP contribution in [0.4, 0.5) is 0 Å². The Balaban J connectivity index is 2.83. The quantitative estimate of drug-likeness (QED) is 0.723. The van der Waals surface area contributed by atoms with Crippen molar-refractivity contribution in [2.45, 2.75) is 6.92 Å². The van der Waals surface area contributed by atoms with Crippen LogP contribution in [0, 0.1) is 11.3 Å². The molecule has 0 radical (unpaired) electrons. The highest BCUT2D eigenvalue weighted by atomic mass is 16.6. The summed E-state index contributed by atoms with van der Waals surface area (Å²) in [5.41, 5.74) is 0.471. The number of carbonyl (C=O) groups excluding carboxylic acids is 1. The second kappa shape index (κ2) is 6.38. The second-order valence-corrected chi connectivity index (χ2v) is 3.07. The SMILES string of the molecule is CCOc1cc(C#N)ccc1OCC(=O)OC. The normalized spacial score (nSPS) is 9.24. The molecule has 90 valence electrons. The number of methoxy groups -OCH3 is 1. The van der Waals surface area contributed by atoms with E-state index >= 15 is 0 Å². The molecule has 0 aliphatic rings. The third-order valence-corrected chi connectivity index (χ3v) is 1.95. The van der Waals surface area contributed by atoms with Gasteiger partial charge in [0.2, 0.25) is 0 Å². The standard InChI is InChI=1S/C12H13NO4/c1-3-16-11-6-9(7-13)4-5-10(11)17-8-12(14)15-2/h4-6H,3,8H2,1-2H3. The van der Waals surface area contributed by atoms with E-state index in [9.17, 15) is 4.79 Å². The van der Waals surface area contributed by atoms with Crippen LogP contribution in [0.15, 0.2) is 18.2 Å². The van der Waals surface area contributed by atoms with Gasteiger partial charge in [0, 0.05) is 6.07 Å². The van der Waals surface area contributed by atoms with Crippen molar-refractivity contribution in [2.75, 3.05) is 20.3 Å². The molecule has 1 rings (SSSR count). The van der Waals surface area contributed by atoms with Crippen molar-refractivity contribution in [2.24, 2.45) is 0 Å². The molecule has 0 aliphatic carbocycles. The summed E-state index contributed by atoms with van der Waals surface area (Å²) in [6.07, 6.45) is 0. The van der Waals surface area contributed by atoms with Gasteiger partial charge in [0.15, 0.2) is 18.1 Å². The van der Waals surface area contributed by atoms with Crippen molar-refractivity contribution >= 4 is 5.97 Å². The van der Waals surface area contributed by atoms with Gasteiger partial charge in [0.1, 0.15) is 0 Å². The molecule has 0 aromatic heterocycles. The number of rotatable bonds is 5. The number of hydrogen-bond acceptors (Lipinski definition) is 5. The van der Waals surface area contributed by atoms with Gasteiger partial charge in [-0.2, -0.15) is 5.26 Å². The molecule has 0 amide bonds. The topological polar surface area (TPSA) is 68.5 Å². The molecule has 0 unspecified atom stereocenters. The van der Waals surface area contributed by atoms with Gasteiger partial charge in [-0.15, -0.1) is 0 Å². The van der Waals surface area contributed by atoms with E-state index < -0.39 is 5.97 Å². The zero-order valence-electron chi connectivity index (χ0n) is 9.73. The van der Waals surface area contributed by atoms with Crippen LogP contribution in [-0.4, -0.2) is 26.3 Å². The van der Waals surface area contributed by atoms with E-state index in [-0.39, 0.29) is 6.61 Å². The fraction of sp³-hybridized carbons (Fsp3) is 0.333. The van der Waals surface area contributed by atoms with Crippen LogP contribution in [0.25, 0.3) is 0 Å². The minimum atomic E-state index is -0.475. The molecule has 0 saturated heterocycles. The number of carbonyl (C=O) groups is 1. The van der Waals surface area contributed by atoms with E-state index in [4.69, 9.17) is 14.7 Å². The first-order valence-electron chi connectivity index (χ1n) is 5.07. The lowest BCUT2D eigenvalue weighted by atomic mass is 10.2. The van der Waals surface area contributed by atoms with Gasteiger partial charge in [-0.25, -0.2) is 4.79 Å². The number of benzene rings is 1. The van der Waals surface area contributed by atoms with Crippen LogP contribution in [0.2, 0.25) is 0 Å². The first-order valence-corrected chi connectivity index (χ1v) is 5.07. The van der Waals surface area contributed by atoms with E-state index in [1.165, 1.54) is 7.11 Å². The molecule has 0 spiro atoms. The summed E-state index contributed by atoms with van der Waals surface area (Å²) in [5, 5.41) is 8.76. The fourth-order valence-corrected chi connectivity index (χ4v) is 1.16. The maximum Gasteiger partial charge on any atom is 0.343 e. The predicted octanol–water partition coefficient (Wildman–Crippen LogP) is 1.51. The van der Waals surface area contributed by atoms with Crippen molar-refractivity contribution in [1.29, 1.82) is 5.26 Å². The largest absolute Gasteiger partial charge is 0.490 e. The van der Waals surface area contributed by atoms with E-state index in [1.807, 2.05) is 13.0 Å². The van der Waals surface area contributed by atoms with Crippen molar-refractivity contribution < 1.29 is 19.0 Å². The van der Waals surface area contributed by atoms with Crippen molar-refractivity contribution in [1.82, 2.24) is 0 Å². The Morgan fingerprint density at radius 3 is 2.71 bits per heavy atom. The molecule has 1 aromatic carbocycles. The average molecular weight is 235 g/mol. The third kappa shape index (κ3) is 3.68. The number of nitrogens with zero attached hydrogens (tertiary/aromatic N) is 1. The van der Waals surface area contributed by atoms with Crippen molar-refractivity contribution in [3.63, 3.8) is 0 Å². The number of hydrogen-bond donors (Lipinski definition) is 0. The molecule has 0 bridgehead atoms. The first-order chi connectivity index (χ1) is 8.21. The molecule has 5 heteroatoms. The summed E-state index contributed by atoms with van der Waals surface area (Å²) in [7, 11) is 1.29. The molecular weight excluding hydrogens is 222 g/mol. The lowest BCUT2D eigenvalue weighted by molar-refractivity contribution is -0.142. The van der Waals surface area contributed by atoms with Gasteiger partial charge < -0.3 is 14.2 Å². The summed E-state index contributed by atoms with van der Waals surface area (Å²) in [4.78, 5) is 10.9.